The fraction of sp³-hybridized carbons (Fsp3) is 0.167. The molecule has 0 fully saturated rings. The largest absolute Gasteiger partial charge is 0.493 e. The Kier molecular flexibility index (Phi) is 5.80. The molecule has 0 atom stereocenters. The summed E-state index contributed by atoms with van der Waals surface area (Å²) in [7, 11) is 1.44. The average Bonchev–Trinajstić information content (AvgIpc) is 3.01. The van der Waals surface area contributed by atoms with E-state index in [4.69, 9.17) is 16.3 Å². The first-order valence-corrected chi connectivity index (χ1v) is 8.66. The minimum Gasteiger partial charge on any atom is -0.493 e. The molecule has 0 radical (unpaired) electrons. The first-order chi connectivity index (χ1) is 13.9. The Morgan fingerprint density at radius 3 is 2.66 bits per heavy atom. The lowest BCUT2D eigenvalue weighted by molar-refractivity contribution is -0.114. The molecule has 0 aliphatic heterocycles. The number of aromatic nitrogens is 4. The van der Waals surface area contributed by atoms with Crippen LogP contribution in [-0.2, 0) is 4.79 Å². The second-order valence-corrected chi connectivity index (χ2v) is 6.15. The number of nitrogens with one attached hydrogen (secondary N) is 1. The number of hydrogen-bond donors (Lipinski definition) is 1. The molecule has 0 aliphatic rings. The average molecular weight is 411 g/mol. The second-order valence-electron chi connectivity index (χ2n) is 5.75. The van der Waals surface area contributed by atoms with E-state index in [1.807, 2.05) is 0 Å². The van der Waals surface area contributed by atoms with Gasteiger partial charge in [0.1, 0.15) is 11.6 Å². The molecule has 1 N–H and O–H groups in total. The summed E-state index contributed by atoms with van der Waals surface area (Å²) in [6, 6.07) is 6.80. The number of rotatable bonds is 5. The molecule has 1 amide bonds. The fourth-order valence-electron chi connectivity index (χ4n) is 2.51. The standard InChI is InChI=1S/C18H15ClN8O2/c1-10-13(9-20)17(27(26-10)18-21-5-4-6-22-18)25-24-12-7-14(19)16(29-3)15(8-12)23-11(2)28/h4-8H,1-3H3,(H,23,28)/b25-24+. The first kappa shape index (κ1) is 19.9. The van der Waals surface area contributed by atoms with Gasteiger partial charge in [0.25, 0.3) is 5.95 Å². The maximum atomic E-state index is 11.4. The van der Waals surface area contributed by atoms with Gasteiger partial charge in [-0.3, -0.25) is 4.79 Å². The number of amides is 1. The normalized spacial score (nSPS) is 10.7. The summed E-state index contributed by atoms with van der Waals surface area (Å²) in [6.45, 7) is 3.04. The predicted octanol–water partition coefficient (Wildman–Crippen LogP) is 3.88. The molecule has 10 nitrogen and oxygen atoms in total. The van der Waals surface area contributed by atoms with E-state index in [2.05, 4.69) is 36.7 Å². The van der Waals surface area contributed by atoms with Crippen molar-refractivity contribution < 1.29 is 9.53 Å². The molecular weight excluding hydrogens is 396 g/mol. The molecule has 0 saturated heterocycles. The van der Waals surface area contributed by atoms with E-state index < -0.39 is 0 Å². The Morgan fingerprint density at radius 2 is 2.03 bits per heavy atom. The Labute approximate surface area is 170 Å². The van der Waals surface area contributed by atoms with Crippen LogP contribution in [0, 0.1) is 18.3 Å². The summed E-state index contributed by atoms with van der Waals surface area (Å²) < 4.78 is 6.55. The lowest BCUT2D eigenvalue weighted by atomic mass is 10.2. The third kappa shape index (κ3) is 4.20. The van der Waals surface area contributed by atoms with Gasteiger partial charge in [-0.1, -0.05) is 11.6 Å². The van der Waals surface area contributed by atoms with E-state index in [0.717, 1.165) is 0 Å². The Morgan fingerprint density at radius 1 is 1.31 bits per heavy atom. The summed E-state index contributed by atoms with van der Waals surface area (Å²) in [4.78, 5) is 19.7. The van der Waals surface area contributed by atoms with Crippen LogP contribution < -0.4 is 10.1 Å². The van der Waals surface area contributed by atoms with Gasteiger partial charge in [0.15, 0.2) is 11.6 Å². The van der Waals surface area contributed by atoms with Gasteiger partial charge in [0.2, 0.25) is 5.91 Å². The molecule has 11 heteroatoms. The molecule has 2 aromatic heterocycles. The Hall–Kier alpha value is -3.84. The van der Waals surface area contributed by atoms with Gasteiger partial charge in [-0.25, -0.2) is 9.97 Å². The number of carbonyl (C=O) groups is 1. The minimum atomic E-state index is -0.296. The number of carbonyl (C=O) groups excluding carboxylic acids is 1. The monoisotopic (exact) mass is 410 g/mol. The smallest absolute Gasteiger partial charge is 0.252 e. The van der Waals surface area contributed by atoms with E-state index in [1.165, 1.54) is 24.8 Å². The molecule has 0 bridgehead atoms. The highest BCUT2D eigenvalue weighted by Gasteiger charge is 2.18. The number of halogens is 1. The highest BCUT2D eigenvalue weighted by Crippen LogP contribution is 2.38. The van der Waals surface area contributed by atoms with E-state index in [-0.39, 0.29) is 28.3 Å². The number of ether oxygens (including phenoxy) is 1. The summed E-state index contributed by atoms with van der Waals surface area (Å²) >= 11 is 6.22. The zero-order valence-electron chi connectivity index (χ0n) is 15.7. The van der Waals surface area contributed by atoms with Crippen molar-refractivity contribution in [1.82, 2.24) is 19.7 Å². The van der Waals surface area contributed by atoms with Gasteiger partial charge in [-0.15, -0.1) is 10.2 Å². The van der Waals surface area contributed by atoms with Crippen LogP contribution in [0.3, 0.4) is 0 Å². The van der Waals surface area contributed by atoms with Gasteiger partial charge in [0.05, 0.1) is 29.2 Å². The van der Waals surface area contributed by atoms with Crippen molar-refractivity contribution >= 4 is 34.7 Å². The lowest BCUT2D eigenvalue weighted by Gasteiger charge is -2.11. The van der Waals surface area contributed by atoms with Gasteiger partial charge in [-0.05, 0) is 25.1 Å². The van der Waals surface area contributed by atoms with Crippen LogP contribution in [0.5, 0.6) is 5.75 Å². The molecule has 3 aromatic rings. The molecule has 3 rings (SSSR count). The topological polar surface area (TPSA) is 130 Å². The maximum absolute atomic E-state index is 11.4. The molecule has 0 aliphatic carbocycles. The second kappa shape index (κ2) is 8.45. The number of nitrogens with zero attached hydrogens (tertiary/aromatic N) is 7. The van der Waals surface area contributed by atoms with Crippen LogP contribution in [0.15, 0.2) is 40.8 Å². The summed E-state index contributed by atoms with van der Waals surface area (Å²) in [5.41, 5.74) is 1.38. The van der Waals surface area contributed by atoms with Gasteiger partial charge in [-0.2, -0.15) is 15.0 Å². The zero-order valence-corrected chi connectivity index (χ0v) is 16.5. The van der Waals surface area contributed by atoms with E-state index in [1.54, 1.807) is 31.5 Å². The molecule has 29 heavy (non-hydrogen) atoms. The van der Waals surface area contributed by atoms with Crippen LogP contribution >= 0.6 is 11.6 Å². The number of nitriles is 1. The van der Waals surface area contributed by atoms with Crippen molar-refractivity contribution in [3.63, 3.8) is 0 Å². The Bertz CT molecular complexity index is 1130. The number of anilines is 1. The fourth-order valence-corrected chi connectivity index (χ4v) is 2.80. The van der Waals surface area contributed by atoms with Gasteiger partial charge in [0, 0.05) is 19.3 Å². The van der Waals surface area contributed by atoms with E-state index in [0.29, 0.717) is 22.8 Å². The molecule has 0 saturated carbocycles. The molecular formula is C18H15ClN8O2. The minimum absolute atomic E-state index is 0.171. The third-order valence-electron chi connectivity index (χ3n) is 3.69. The molecule has 0 spiro atoms. The number of benzene rings is 1. The van der Waals surface area contributed by atoms with Gasteiger partial charge >= 0.3 is 0 Å². The summed E-state index contributed by atoms with van der Waals surface area (Å²) in [6.07, 6.45) is 3.10. The SMILES string of the molecule is COc1c(Cl)cc(/N=N/c2c(C#N)c(C)nn2-c2ncccn2)cc1NC(C)=O. The summed E-state index contributed by atoms with van der Waals surface area (Å²) in [5, 5.41) is 25.0. The number of hydrogen-bond acceptors (Lipinski definition) is 8. The zero-order chi connectivity index (χ0) is 21.0. The third-order valence-corrected chi connectivity index (χ3v) is 3.97. The van der Waals surface area contributed by atoms with Crippen molar-refractivity contribution in [2.75, 3.05) is 12.4 Å². The predicted molar refractivity (Wildman–Crippen MR) is 105 cm³/mol. The van der Waals surface area contributed by atoms with Crippen molar-refractivity contribution in [2.45, 2.75) is 13.8 Å². The maximum Gasteiger partial charge on any atom is 0.252 e. The molecule has 2 heterocycles. The van der Waals surface area contributed by atoms with Crippen LogP contribution in [0.4, 0.5) is 17.2 Å². The van der Waals surface area contributed by atoms with Crippen molar-refractivity contribution in [3.8, 4) is 17.8 Å². The molecule has 146 valence electrons. The van der Waals surface area contributed by atoms with Crippen molar-refractivity contribution in [3.05, 3.63) is 46.9 Å². The van der Waals surface area contributed by atoms with E-state index >= 15 is 0 Å². The highest BCUT2D eigenvalue weighted by molar-refractivity contribution is 6.33. The number of aryl methyl sites for hydroxylation is 1. The van der Waals surface area contributed by atoms with Gasteiger partial charge < -0.3 is 10.1 Å². The Balaban J connectivity index is 2.08. The van der Waals surface area contributed by atoms with Crippen LogP contribution in [-0.4, -0.2) is 32.8 Å². The molecule has 1 aromatic carbocycles. The number of azo groups is 1. The number of methoxy groups -OCH3 is 1. The summed E-state index contributed by atoms with van der Waals surface area (Å²) in [5.74, 6) is 0.425. The van der Waals surface area contributed by atoms with Crippen LogP contribution in [0.1, 0.15) is 18.2 Å². The quantitative estimate of drug-likeness (QED) is 0.635. The first-order valence-electron chi connectivity index (χ1n) is 8.28. The van der Waals surface area contributed by atoms with Crippen molar-refractivity contribution in [2.24, 2.45) is 10.2 Å². The lowest BCUT2D eigenvalue weighted by Crippen LogP contribution is -2.07. The molecule has 0 unspecified atom stereocenters. The van der Waals surface area contributed by atoms with Crippen molar-refractivity contribution in [1.29, 1.82) is 5.26 Å². The van der Waals surface area contributed by atoms with Crippen LogP contribution in [0.25, 0.3) is 5.95 Å². The van der Waals surface area contributed by atoms with Crippen LogP contribution in [0.2, 0.25) is 5.02 Å². The van der Waals surface area contributed by atoms with E-state index in [9.17, 15) is 10.1 Å². The highest BCUT2D eigenvalue weighted by atomic mass is 35.5.